The number of hydrogen-bond donors (Lipinski definition) is 0. The van der Waals surface area contributed by atoms with Crippen molar-refractivity contribution in [1.29, 1.82) is 0 Å². The summed E-state index contributed by atoms with van der Waals surface area (Å²) in [6.07, 6.45) is 0. The number of benzene rings is 8. The van der Waals surface area contributed by atoms with Crippen LogP contribution < -0.4 is 4.90 Å². The Morgan fingerprint density at radius 1 is 0.365 bits per heavy atom. The van der Waals surface area contributed by atoms with Gasteiger partial charge in [0.05, 0.1) is 11.1 Å². The molecule has 12 rings (SSSR count). The molecular weight excluding hydrogens is 635 g/mol. The largest absolute Gasteiger partial charge is 0.456 e. The third kappa shape index (κ3) is 3.45. The normalized spacial score (nSPS) is 13.5. The number of anilines is 3. The first kappa shape index (κ1) is 27.9. The van der Waals surface area contributed by atoms with Crippen molar-refractivity contribution in [2.75, 3.05) is 4.90 Å². The monoisotopic (exact) mass is 663 g/mol. The van der Waals surface area contributed by atoms with Crippen molar-refractivity contribution in [2.45, 2.75) is 5.41 Å². The molecule has 0 saturated carbocycles. The maximum Gasteiger partial charge on any atom is 0.159 e. The van der Waals surface area contributed by atoms with Crippen LogP contribution in [0.3, 0.4) is 0 Å². The molecule has 0 aliphatic heterocycles. The second-order valence-corrected chi connectivity index (χ2v) is 14.0. The summed E-state index contributed by atoms with van der Waals surface area (Å²) in [7, 11) is 0. The Hall–Kier alpha value is -6.84. The first-order valence-electron chi connectivity index (χ1n) is 17.9. The van der Waals surface area contributed by atoms with E-state index in [-0.39, 0.29) is 0 Å². The van der Waals surface area contributed by atoms with Crippen LogP contribution in [0.5, 0.6) is 0 Å². The molecule has 0 N–H and O–H groups in total. The fraction of sp³-hybridized carbons (Fsp3) is 0.0204. The molecule has 0 fully saturated rings. The lowest BCUT2D eigenvalue weighted by Crippen LogP contribution is -2.28. The van der Waals surface area contributed by atoms with Gasteiger partial charge in [0.15, 0.2) is 5.58 Å². The summed E-state index contributed by atoms with van der Waals surface area (Å²) in [5, 5.41) is 4.39. The molecule has 3 nitrogen and oxygen atoms in total. The molecule has 2 aliphatic carbocycles. The van der Waals surface area contributed by atoms with Crippen LogP contribution in [0.25, 0.3) is 66.1 Å². The predicted molar refractivity (Wildman–Crippen MR) is 212 cm³/mol. The molecule has 242 valence electrons. The Labute approximate surface area is 299 Å². The molecule has 1 spiro atoms. The van der Waals surface area contributed by atoms with E-state index in [0.717, 1.165) is 60.9 Å². The molecule has 0 unspecified atom stereocenters. The zero-order valence-electron chi connectivity index (χ0n) is 28.0. The summed E-state index contributed by atoms with van der Waals surface area (Å²) in [5.41, 5.74) is 16.2. The summed E-state index contributed by atoms with van der Waals surface area (Å²) in [6.45, 7) is 0. The zero-order chi connectivity index (χ0) is 34.0. The highest BCUT2D eigenvalue weighted by atomic mass is 16.3. The van der Waals surface area contributed by atoms with Crippen LogP contribution in [0.2, 0.25) is 0 Å². The van der Waals surface area contributed by atoms with Gasteiger partial charge in [0.2, 0.25) is 0 Å². The minimum Gasteiger partial charge on any atom is -0.456 e. The van der Waals surface area contributed by atoms with Crippen molar-refractivity contribution < 1.29 is 8.83 Å². The summed E-state index contributed by atoms with van der Waals surface area (Å²) < 4.78 is 13.4. The highest BCUT2D eigenvalue weighted by Gasteiger charge is 2.54. The highest BCUT2D eigenvalue weighted by Crippen LogP contribution is 2.66. The van der Waals surface area contributed by atoms with Gasteiger partial charge in [0, 0.05) is 38.5 Å². The van der Waals surface area contributed by atoms with Crippen LogP contribution in [0, 0.1) is 0 Å². The predicted octanol–water partition coefficient (Wildman–Crippen LogP) is 13.3. The van der Waals surface area contributed by atoms with Gasteiger partial charge >= 0.3 is 0 Å². The van der Waals surface area contributed by atoms with Crippen LogP contribution >= 0.6 is 0 Å². The van der Waals surface area contributed by atoms with Crippen LogP contribution in [-0.2, 0) is 5.41 Å². The second kappa shape index (κ2) is 10.1. The molecule has 3 heteroatoms. The Morgan fingerprint density at radius 3 is 1.56 bits per heavy atom. The van der Waals surface area contributed by atoms with Crippen LogP contribution in [0.4, 0.5) is 17.1 Å². The summed E-state index contributed by atoms with van der Waals surface area (Å²) in [4.78, 5) is 2.43. The minimum atomic E-state index is -0.582. The second-order valence-electron chi connectivity index (χ2n) is 14.0. The van der Waals surface area contributed by atoms with Crippen LogP contribution in [0.1, 0.15) is 22.3 Å². The lowest BCUT2D eigenvalue weighted by Gasteiger charge is -2.35. The maximum atomic E-state index is 7.09. The average molecular weight is 664 g/mol. The zero-order valence-corrected chi connectivity index (χ0v) is 28.0. The molecule has 0 saturated heterocycles. The quantitative estimate of drug-likeness (QED) is 0.188. The van der Waals surface area contributed by atoms with E-state index in [1.165, 1.54) is 44.5 Å². The molecule has 8 aromatic carbocycles. The van der Waals surface area contributed by atoms with Gasteiger partial charge in [-0.1, -0.05) is 127 Å². The summed E-state index contributed by atoms with van der Waals surface area (Å²) in [5.74, 6) is 0. The van der Waals surface area contributed by atoms with E-state index in [9.17, 15) is 0 Å². The smallest absolute Gasteiger partial charge is 0.159 e. The van der Waals surface area contributed by atoms with Crippen LogP contribution in [-0.4, -0.2) is 0 Å². The average Bonchev–Trinajstić information content (AvgIpc) is 3.93. The SMILES string of the molecule is c1ccc(N(c2ccc3oc4ccccc4c3c2)c2c3c(cc4c2oc2ccccc24)-c2ccccc2C32c3ccccc3-c3ccccc32)cc1. The number of nitrogens with zero attached hydrogens (tertiary/aromatic N) is 1. The van der Waals surface area contributed by atoms with Crippen LogP contribution in [0.15, 0.2) is 185 Å². The maximum absolute atomic E-state index is 7.09. The third-order valence-corrected chi connectivity index (χ3v) is 11.4. The number of hydrogen-bond acceptors (Lipinski definition) is 3. The molecule has 0 atom stereocenters. The molecule has 52 heavy (non-hydrogen) atoms. The summed E-state index contributed by atoms with van der Waals surface area (Å²) in [6, 6.07) is 63.5. The van der Waals surface area contributed by atoms with Gasteiger partial charge in [0.1, 0.15) is 16.7 Å². The van der Waals surface area contributed by atoms with E-state index >= 15 is 0 Å². The van der Waals surface area contributed by atoms with Gasteiger partial charge in [-0.2, -0.15) is 0 Å². The van der Waals surface area contributed by atoms with Gasteiger partial charge in [-0.15, -0.1) is 0 Å². The van der Waals surface area contributed by atoms with E-state index < -0.39 is 5.41 Å². The molecule has 0 amide bonds. The van der Waals surface area contributed by atoms with Gasteiger partial charge in [0.25, 0.3) is 0 Å². The van der Waals surface area contributed by atoms with Crippen molar-refractivity contribution in [1.82, 2.24) is 0 Å². The number of furan rings is 2. The van der Waals surface area contributed by atoms with E-state index in [1.54, 1.807) is 0 Å². The van der Waals surface area contributed by atoms with Crippen molar-refractivity contribution in [3.63, 3.8) is 0 Å². The van der Waals surface area contributed by atoms with Crippen molar-refractivity contribution in [3.05, 3.63) is 198 Å². The third-order valence-electron chi connectivity index (χ3n) is 11.4. The lowest BCUT2D eigenvalue weighted by molar-refractivity contribution is 0.666. The molecule has 2 aromatic heterocycles. The first-order chi connectivity index (χ1) is 25.8. The summed E-state index contributed by atoms with van der Waals surface area (Å²) >= 11 is 0. The Bertz CT molecular complexity index is 3050. The number of fused-ring (bicyclic) bond motifs is 16. The fourth-order valence-corrected chi connectivity index (χ4v) is 9.46. The molecule has 2 heterocycles. The van der Waals surface area contributed by atoms with E-state index in [2.05, 4.69) is 169 Å². The molecule has 10 aromatic rings. The minimum absolute atomic E-state index is 0.582. The topological polar surface area (TPSA) is 29.5 Å². The van der Waals surface area contributed by atoms with Crippen molar-refractivity contribution in [3.8, 4) is 22.3 Å². The standard InChI is InChI=1S/C49H29NO2/c1-2-14-30(15-3-1)50(31-26-27-45-37(28-31)35-19-7-12-24-43(35)51-45)47-46-38(29-39-36-20-8-13-25-44(36)52-48(39)47)34-18-6-11-23-42(34)49(46)40-21-9-4-16-32(40)33-17-5-10-22-41(33)49/h1-29H. The van der Waals surface area contributed by atoms with E-state index in [4.69, 9.17) is 8.83 Å². The number of rotatable bonds is 3. The van der Waals surface area contributed by atoms with E-state index in [1.807, 2.05) is 12.1 Å². The highest BCUT2D eigenvalue weighted by molar-refractivity contribution is 6.16. The molecular formula is C49H29NO2. The van der Waals surface area contributed by atoms with Gasteiger partial charge in [-0.3, -0.25) is 0 Å². The van der Waals surface area contributed by atoms with Gasteiger partial charge in [-0.25, -0.2) is 0 Å². The number of para-hydroxylation sites is 3. The Morgan fingerprint density at radius 2 is 0.885 bits per heavy atom. The van der Waals surface area contributed by atoms with Gasteiger partial charge < -0.3 is 13.7 Å². The fourth-order valence-electron chi connectivity index (χ4n) is 9.46. The lowest BCUT2D eigenvalue weighted by atomic mass is 9.69. The van der Waals surface area contributed by atoms with Gasteiger partial charge in [-0.05, 0) is 87.5 Å². The van der Waals surface area contributed by atoms with Crippen molar-refractivity contribution in [2.24, 2.45) is 0 Å². The molecule has 2 aliphatic rings. The Balaban J connectivity index is 1.30. The first-order valence-corrected chi connectivity index (χ1v) is 17.9. The Kier molecular flexibility index (Phi) is 5.43. The van der Waals surface area contributed by atoms with E-state index in [0.29, 0.717) is 0 Å². The molecule has 0 radical (unpaired) electrons. The molecule has 0 bridgehead atoms. The van der Waals surface area contributed by atoms with Crippen molar-refractivity contribution >= 4 is 60.9 Å².